The monoisotopic (exact) mass is 507 g/mol. The van der Waals surface area contributed by atoms with Gasteiger partial charge in [-0.2, -0.15) is 0 Å². The Morgan fingerprint density at radius 1 is 1.32 bits per heavy atom. The van der Waals surface area contributed by atoms with Crippen LogP contribution in [0, 0.1) is 0 Å². The van der Waals surface area contributed by atoms with Crippen molar-refractivity contribution >= 4 is 47.1 Å². The molecule has 3 heterocycles. The van der Waals surface area contributed by atoms with Crippen LogP contribution in [0.2, 0.25) is 25.7 Å². The third-order valence-corrected chi connectivity index (χ3v) is 6.49. The second-order valence-corrected chi connectivity index (χ2v) is 16.2. The maximum Gasteiger partial charge on any atom is 0.414 e. The van der Waals surface area contributed by atoms with Crippen LogP contribution in [0.3, 0.4) is 0 Å². The first-order chi connectivity index (χ1) is 14.4. The third-order valence-electron chi connectivity index (χ3n) is 4.35. The number of hydrogen-bond acceptors (Lipinski definition) is 5. The van der Waals surface area contributed by atoms with Gasteiger partial charge in [-0.15, -0.1) is 0 Å². The predicted molar refractivity (Wildman–Crippen MR) is 129 cm³/mol. The van der Waals surface area contributed by atoms with Gasteiger partial charge in [-0.25, -0.2) is 9.78 Å². The summed E-state index contributed by atoms with van der Waals surface area (Å²) in [7, 11) is -1.14. The lowest BCUT2D eigenvalue weighted by Gasteiger charge is -2.18. The van der Waals surface area contributed by atoms with Crippen molar-refractivity contribution < 1.29 is 14.3 Å². The van der Waals surface area contributed by atoms with E-state index in [0.29, 0.717) is 23.9 Å². The summed E-state index contributed by atoms with van der Waals surface area (Å²) >= 11 is 3.55. The number of aromatic amines is 1. The van der Waals surface area contributed by atoms with Crippen LogP contribution in [-0.2, 0) is 16.2 Å². The molecule has 2 N–H and O–H groups in total. The molecule has 3 aromatic heterocycles. The second-order valence-electron chi connectivity index (χ2n) is 9.63. The molecule has 0 aliphatic rings. The van der Waals surface area contributed by atoms with E-state index in [1.807, 2.05) is 43.7 Å². The highest BCUT2D eigenvalue weighted by Gasteiger charge is 2.19. The summed E-state index contributed by atoms with van der Waals surface area (Å²) < 4.78 is 14.2. The SMILES string of the molecule is CC(C)(C)OC(=O)Nc1nc2c(-c3cc(Br)cn3COCC[Si](C)(C)C)nccc2[nH]1. The molecule has 31 heavy (non-hydrogen) atoms. The van der Waals surface area contributed by atoms with Gasteiger partial charge in [0.15, 0.2) is 0 Å². The molecule has 0 bridgehead atoms. The van der Waals surface area contributed by atoms with Gasteiger partial charge in [-0.3, -0.25) is 10.3 Å². The van der Waals surface area contributed by atoms with E-state index >= 15 is 0 Å². The quantitative estimate of drug-likeness (QED) is 0.309. The summed E-state index contributed by atoms with van der Waals surface area (Å²) in [5, 5.41) is 2.65. The number of hydrogen-bond donors (Lipinski definition) is 2. The number of amides is 1. The molecule has 0 saturated carbocycles. The molecule has 0 aromatic carbocycles. The van der Waals surface area contributed by atoms with Crippen molar-refractivity contribution in [1.82, 2.24) is 19.5 Å². The lowest BCUT2D eigenvalue weighted by atomic mass is 10.2. The first kappa shape index (κ1) is 23.5. The van der Waals surface area contributed by atoms with Crippen molar-refractivity contribution in [2.45, 2.75) is 58.8 Å². The van der Waals surface area contributed by atoms with E-state index in [9.17, 15) is 4.79 Å². The van der Waals surface area contributed by atoms with Gasteiger partial charge in [0.05, 0.1) is 11.2 Å². The Morgan fingerprint density at radius 3 is 2.74 bits per heavy atom. The van der Waals surface area contributed by atoms with Crippen molar-refractivity contribution in [3.63, 3.8) is 0 Å². The molecule has 0 radical (unpaired) electrons. The number of fused-ring (bicyclic) bond motifs is 1. The van der Waals surface area contributed by atoms with E-state index in [4.69, 9.17) is 9.47 Å². The molecular weight excluding hydrogens is 478 g/mol. The van der Waals surface area contributed by atoms with E-state index in [0.717, 1.165) is 28.3 Å². The van der Waals surface area contributed by atoms with Crippen LogP contribution in [0.4, 0.5) is 10.7 Å². The van der Waals surface area contributed by atoms with Crippen molar-refractivity contribution in [3.8, 4) is 11.4 Å². The average molecular weight is 508 g/mol. The van der Waals surface area contributed by atoms with E-state index in [1.165, 1.54) is 0 Å². The van der Waals surface area contributed by atoms with Crippen LogP contribution in [0.25, 0.3) is 22.4 Å². The normalized spacial score (nSPS) is 12.4. The first-order valence-electron chi connectivity index (χ1n) is 10.2. The fourth-order valence-corrected chi connectivity index (χ4v) is 4.12. The molecule has 10 heteroatoms. The molecule has 168 valence electrons. The summed E-state index contributed by atoms with van der Waals surface area (Å²) in [6.45, 7) is 13.6. The summed E-state index contributed by atoms with van der Waals surface area (Å²) in [5.41, 5.74) is 2.40. The van der Waals surface area contributed by atoms with Crippen LogP contribution < -0.4 is 5.32 Å². The maximum atomic E-state index is 12.1. The average Bonchev–Trinajstić information content (AvgIpc) is 3.18. The smallest absolute Gasteiger partial charge is 0.414 e. The Kier molecular flexibility index (Phi) is 6.92. The van der Waals surface area contributed by atoms with Gasteiger partial charge in [0.1, 0.15) is 23.5 Å². The number of H-pyrrole nitrogens is 1. The Bertz CT molecular complexity index is 1070. The second kappa shape index (κ2) is 9.13. The number of carbonyl (C=O) groups is 1. The van der Waals surface area contributed by atoms with Crippen molar-refractivity contribution in [2.75, 3.05) is 11.9 Å². The number of imidazole rings is 1. The molecule has 0 saturated heterocycles. The fraction of sp³-hybridized carbons (Fsp3) is 0.476. The van der Waals surface area contributed by atoms with Gasteiger partial charge in [-0.1, -0.05) is 19.6 Å². The zero-order valence-electron chi connectivity index (χ0n) is 18.9. The number of ether oxygens (including phenoxy) is 2. The highest BCUT2D eigenvalue weighted by Crippen LogP contribution is 2.30. The van der Waals surface area contributed by atoms with Gasteiger partial charge in [0.2, 0.25) is 5.95 Å². The number of nitrogens with one attached hydrogen (secondary N) is 2. The molecule has 0 fully saturated rings. The lowest BCUT2D eigenvalue weighted by molar-refractivity contribution is 0.0635. The number of anilines is 1. The first-order valence-corrected chi connectivity index (χ1v) is 14.7. The van der Waals surface area contributed by atoms with E-state index < -0.39 is 19.8 Å². The van der Waals surface area contributed by atoms with E-state index in [1.54, 1.807) is 6.20 Å². The molecule has 3 rings (SSSR count). The third kappa shape index (κ3) is 6.65. The Morgan fingerprint density at radius 2 is 2.06 bits per heavy atom. The number of halogens is 1. The summed E-state index contributed by atoms with van der Waals surface area (Å²) in [6.07, 6.45) is 3.12. The van der Waals surface area contributed by atoms with Crippen LogP contribution in [0.1, 0.15) is 20.8 Å². The highest BCUT2D eigenvalue weighted by molar-refractivity contribution is 9.10. The molecule has 0 aliphatic carbocycles. The molecule has 1 amide bonds. The Hall–Kier alpha value is -2.17. The minimum atomic E-state index is -1.14. The topological polar surface area (TPSA) is 94.1 Å². The summed E-state index contributed by atoms with van der Waals surface area (Å²) in [5.74, 6) is 0.307. The van der Waals surface area contributed by atoms with Crippen LogP contribution in [-0.4, -0.2) is 45.9 Å². The zero-order valence-corrected chi connectivity index (χ0v) is 21.5. The minimum absolute atomic E-state index is 0.307. The highest BCUT2D eigenvalue weighted by atomic mass is 79.9. The van der Waals surface area contributed by atoms with Gasteiger partial charge in [0.25, 0.3) is 0 Å². The number of aromatic nitrogens is 4. The van der Waals surface area contributed by atoms with Gasteiger partial charge < -0.3 is 19.0 Å². The maximum absolute atomic E-state index is 12.1. The fourth-order valence-electron chi connectivity index (χ4n) is 2.90. The number of nitrogens with zero attached hydrogens (tertiary/aromatic N) is 3. The minimum Gasteiger partial charge on any atom is -0.444 e. The van der Waals surface area contributed by atoms with Gasteiger partial charge in [0, 0.05) is 31.5 Å². The number of carbonyl (C=O) groups excluding carboxylic acids is 1. The van der Waals surface area contributed by atoms with Gasteiger partial charge >= 0.3 is 6.09 Å². The Balaban J connectivity index is 1.83. The summed E-state index contributed by atoms with van der Waals surface area (Å²) in [6, 6.07) is 4.91. The largest absolute Gasteiger partial charge is 0.444 e. The Labute approximate surface area is 191 Å². The van der Waals surface area contributed by atoms with E-state index in [2.05, 4.69) is 55.8 Å². The van der Waals surface area contributed by atoms with Crippen molar-refractivity contribution in [2.24, 2.45) is 0 Å². The molecular formula is C21H30BrN5O3Si. The zero-order chi connectivity index (χ0) is 22.8. The lowest BCUT2D eigenvalue weighted by Crippen LogP contribution is -2.27. The van der Waals surface area contributed by atoms with Gasteiger partial charge in [-0.05, 0) is 54.9 Å². The molecule has 8 nitrogen and oxygen atoms in total. The molecule has 0 unspecified atom stereocenters. The van der Waals surface area contributed by atoms with Crippen LogP contribution in [0.5, 0.6) is 0 Å². The van der Waals surface area contributed by atoms with E-state index in [-0.39, 0.29) is 0 Å². The van der Waals surface area contributed by atoms with Crippen molar-refractivity contribution in [1.29, 1.82) is 0 Å². The molecule has 0 atom stereocenters. The number of pyridine rings is 1. The van der Waals surface area contributed by atoms with Crippen LogP contribution >= 0.6 is 15.9 Å². The van der Waals surface area contributed by atoms with Crippen molar-refractivity contribution in [3.05, 3.63) is 29.0 Å². The predicted octanol–water partition coefficient (Wildman–Crippen LogP) is 5.85. The molecule has 3 aromatic rings. The molecule has 0 spiro atoms. The number of rotatable bonds is 7. The molecule has 0 aliphatic heterocycles. The summed E-state index contributed by atoms with van der Waals surface area (Å²) in [4.78, 5) is 24.3. The van der Waals surface area contributed by atoms with Crippen LogP contribution in [0.15, 0.2) is 29.0 Å². The standard InChI is InChI=1S/C21H30BrN5O3Si/c1-21(2,3)30-20(28)26-19-24-15-7-8-23-18(17(15)25-19)16-11-14(22)12-27(16)13-29-9-10-31(4,5)6/h7-8,11-12H,9-10,13H2,1-6H3,(H2,24,25,26,28).